The molecule has 0 aliphatic rings. The van der Waals surface area contributed by atoms with Gasteiger partial charge in [-0.25, -0.2) is 9.37 Å². The first kappa shape index (κ1) is 18.9. The van der Waals surface area contributed by atoms with E-state index in [1.165, 1.54) is 6.07 Å². The van der Waals surface area contributed by atoms with Gasteiger partial charge in [0.15, 0.2) is 5.78 Å². The second-order valence-electron chi connectivity index (χ2n) is 6.08. The van der Waals surface area contributed by atoms with Crippen LogP contribution in [0.4, 0.5) is 4.39 Å². The van der Waals surface area contributed by atoms with Crippen LogP contribution in [0.1, 0.15) is 28.5 Å². The molecule has 1 aromatic carbocycles. The molecule has 0 aliphatic carbocycles. The van der Waals surface area contributed by atoms with Gasteiger partial charge in [-0.3, -0.25) is 4.79 Å². The fourth-order valence-corrected chi connectivity index (χ4v) is 3.20. The zero-order valence-corrected chi connectivity index (χ0v) is 16.3. The van der Waals surface area contributed by atoms with E-state index in [4.69, 9.17) is 4.74 Å². The van der Waals surface area contributed by atoms with Gasteiger partial charge in [-0.05, 0) is 59.3 Å². The lowest BCUT2D eigenvalue weighted by Gasteiger charge is -2.09. The Labute approximate surface area is 164 Å². The summed E-state index contributed by atoms with van der Waals surface area (Å²) < 4.78 is 22.2. The predicted molar refractivity (Wildman–Crippen MR) is 104 cm³/mol. The third-order valence-corrected chi connectivity index (χ3v) is 4.62. The summed E-state index contributed by atoms with van der Waals surface area (Å²) in [6.45, 7) is 1.53. The SMILES string of the molecule is C[C@H](O)COCC(=O)c1cc2ccncn2c1Cc1ccc(I)cc1F. The van der Waals surface area contributed by atoms with Crippen LogP contribution in [-0.2, 0) is 11.2 Å². The average Bonchev–Trinajstić information content (AvgIpc) is 2.96. The van der Waals surface area contributed by atoms with E-state index in [9.17, 15) is 14.3 Å². The fourth-order valence-electron chi connectivity index (χ4n) is 2.74. The van der Waals surface area contributed by atoms with E-state index >= 15 is 0 Å². The van der Waals surface area contributed by atoms with Gasteiger partial charge in [-0.2, -0.15) is 0 Å². The third-order valence-electron chi connectivity index (χ3n) is 3.95. The van der Waals surface area contributed by atoms with Gasteiger partial charge in [0, 0.05) is 33.0 Å². The number of aromatic nitrogens is 2. The molecule has 0 bridgehead atoms. The van der Waals surface area contributed by atoms with Crippen molar-refractivity contribution in [1.82, 2.24) is 9.38 Å². The van der Waals surface area contributed by atoms with Gasteiger partial charge in [-0.1, -0.05) is 6.07 Å². The highest BCUT2D eigenvalue weighted by Crippen LogP contribution is 2.22. The lowest BCUT2D eigenvalue weighted by atomic mass is 10.0. The van der Waals surface area contributed by atoms with Crippen molar-refractivity contribution >= 4 is 33.9 Å². The molecule has 0 amide bonds. The van der Waals surface area contributed by atoms with Crippen LogP contribution in [-0.4, -0.2) is 39.6 Å². The molecular formula is C19H18FIN2O3. The first-order valence-corrected chi connectivity index (χ1v) is 9.20. The predicted octanol–water partition coefficient (Wildman–Crippen LogP) is 3.25. The van der Waals surface area contributed by atoms with Gasteiger partial charge in [-0.15, -0.1) is 0 Å². The Morgan fingerprint density at radius 3 is 2.92 bits per heavy atom. The van der Waals surface area contributed by atoms with Crippen LogP contribution in [0, 0.1) is 9.39 Å². The van der Waals surface area contributed by atoms with Gasteiger partial charge >= 0.3 is 0 Å². The van der Waals surface area contributed by atoms with Crippen molar-refractivity contribution in [2.45, 2.75) is 19.4 Å². The number of fused-ring (bicyclic) bond motifs is 1. The zero-order valence-electron chi connectivity index (χ0n) is 14.2. The Kier molecular flexibility index (Phi) is 6.00. The van der Waals surface area contributed by atoms with Crippen molar-refractivity contribution < 1.29 is 19.0 Å². The lowest BCUT2D eigenvalue weighted by molar-refractivity contribution is 0.0424. The molecule has 0 aliphatic heterocycles. The van der Waals surface area contributed by atoms with Crippen molar-refractivity contribution in [3.05, 3.63) is 69.1 Å². The summed E-state index contributed by atoms with van der Waals surface area (Å²) in [4.78, 5) is 16.7. The topological polar surface area (TPSA) is 63.8 Å². The minimum atomic E-state index is -0.638. The molecule has 0 fully saturated rings. The number of ketones is 1. The third kappa shape index (κ3) is 4.28. The normalized spacial score (nSPS) is 12.5. The van der Waals surface area contributed by atoms with Crippen molar-refractivity contribution in [3.63, 3.8) is 0 Å². The minimum absolute atomic E-state index is 0.0851. The number of carbonyl (C=O) groups excluding carboxylic acids is 1. The number of hydrogen-bond acceptors (Lipinski definition) is 4. The minimum Gasteiger partial charge on any atom is -0.391 e. The van der Waals surface area contributed by atoms with E-state index in [1.807, 2.05) is 6.07 Å². The summed E-state index contributed by atoms with van der Waals surface area (Å²) in [6.07, 6.45) is 2.88. The molecule has 3 rings (SSSR count). The lowest BCUT2D eigenvalue weighted by Crippen LogP contribution is -2.17. The molecule has 0 saturated heterocycles. The molecule has 0 unspecified atom stereocenters. The first-order chi connectivity index (χ1) is 12.5. The highest BCUT2D eigenvalue weighted by molar-refractivity contribution is 14.1. The molecule has 26 heavy (non-hydrogen) atoms. The fraction of sp³-hybridized carbons (Fsp3) is 0.263. The summed E-state index contributed by atoms with van der Waals surface area (Å²) in [7, 11) is 0. The summed E-state index contributed by atoms with van der Waals surface area (Å²) in [5.41, 5.74) is 2.45. The highest BCUT2D eigenvalue weighted by Gasteiger charge is 2.19. The van der Waals surface area contributed by atoms with Crippen molar-refractivity contribution in [3.8, 4) is 0 Å². The van der Waals surface area contributed by atoms with Gasteiger partial charge in [0.25, 0.3) is 0 Å². The van der Waals surface area contributed by atoms with Crippen molar-refractivity contribution in [2.24, 2.45) is 0 Å². The first-order valence-electron chi connectivity index (χ1n) is 8.12. The summed E-state index contributed by atoms with van der Waals surface area (Å²) in [6, 6.07) is 8.58. The second kappa shape index (κ2) is 8.24. The molecule has 0 spiro atoms. The molecule has 1 atom stereocenters. The molecular weight excluding hydrogens is 450 g/mol. The molecule has 0 radical (unpaired) electrons. The number of aliphatic hydroxyl groups excluding tert-OH is 1. The molecule has 3 aromatic rings. The van der Waals surface area contributed by atoms with Crippen LogP contribution < -0.4 is 0 Å². The van der Waals surface area contributed by atoms with E-state index in [1.54, 1.807) is 42.0 Å². The van der Waals surface area contributed by atoms with Gasteiger partial charge < -0.3 is 14.2 Å². The number of hydrogen-bond donors (Lipinski definition) is 1. The molecule has 136 valence electrons. The maximum Gasteiger partial charge on any atom is 0.190 e. The highest BCUT2D eigenvalue weighted by atomic mass is 127. The monoisotopic (exact) mass is 468 g/mol. The Morgan fingerprint density at radius 2 is 2.19 bits per heavy atom. The van der Waals surface area contributed by atoms with Crippen molar-refractivity contribution in [2.75, 3.05) is 13.2 Å². The van der Waals surface area contributed by atoms with E-state index in [0.29, 0.717) is 16.8 Å². The van der Waals surface area contributed by atoms with Crippen LogP contribution in [0.25, 0.3) is 5.52 Å². The molecule has 0 saturated carbocycles. The number of aliphatic hydroxyl groups is 1. The molecule has 7 heteroatoms. The van der Waals surface area contributed by atoms with Crippen molar-refractivity contribution in [1.29, 1.82) is 0 Å². The summed E-state index contributed by atoms with van der Waals surface area (Å²) in [5.74, 6) is -0.519. The summed E-state index contributed by atoms with van der Waals surface area (Å²) in [5, 5.41) is 9.26. The maximum absolute atomic E-state index is 14.3. The van der Waals surface area contributed by atoms with Gasteiger partial charge in [0.05, 0.1) is 19.0 Å². The van der Waals surface area contributed by atoms with E-state index < -0.39 is 6.10 Å². The molecule has 2 aromatic heterocycles. The van der Waals surface area contributed by atoms with Crippen LogP contribution in [0.15, 0.2) is 42.9 Å². The van der Waals surface area contributed by atoms with Gasteiger partial charge in [0.2, 0.25) is 0 Å². The molecule has 2 heterocycles. The Hall–Kier alpha value is -1.84. The number of nitrogens with zero attached hydrogens (tertiary/aromatic N) is 2. The quantitative estimate of drug-likeness (QED) is 0.427. The Balaban J connectivity index is 1.95. The maximum atomic E-state index is 14.3. The number of ether oxygens (including phenoxy) is 1. The standard InChI is InChI=1S/C19H18FIN2O3/c1-12(24)9-26-10-19(25)16-8-15-4-5-22-11-23(15)18(16)6-13-2-3-14(21)7-17(13)20/h2-5,7-8,11-12,24H,6,9-10H2,1H3/t12-/m0/s1. The number of benzene rings is 1. The molecule has 5 nitrogen and oxygen atoms in total. The van der Waals surface area contributed by atoms with E-state index in [2.05, 4.69) is 27.6 Å². The van der Waals surface area contributed by atoms with Gasteiger partial charge in [0.1, 0.15) is 12.4 Å². The number of Topliss-reactive ketones (excluding diaryl/α,β-unsaturated/α-hetero) is 1. The number of rotatable bonds is 7. The average molecular weight is 468 g/mol. The number of carbonyl (C=O) groups is 1. The van der Waals surface area contributed by atoms with E-state index in [-0.39, 0.29) is 31.2 Å². The smallest absolute Gasteiger partial charge is 0.190 e. The zero-order chi connectivity index (χ0) is 18.7. The Morgan fingerprint density at radius 1 is 1.38 bits per heavy atom. The van der Waals surface area contributed by atoms with E-state index in [0.717, 1.165) is 9.09 Å². The van der Waals surface area contributed by atoms with Crippen LogP contribution in [0.3, 0.4) is 0 Å². The molecule has 1 N–H and O–H groups in total. The largest absolute Gasteiger partial charge is 0.391 e. The summed E-state index contributed by atoms with van der Waals surface area (Å²) >= 11 is 2.06. The van der Waals surface area contributed by atoms with Crippen LogP contribution in [0.5, 0.6) is 0 Å². The number of halogens is 2. The van der Waals surface area contributed by atoms with Crippen LogP contribution in [0.2, 0.25) is 0 Å². The van der Waals surface area contributed by atoms with Crippen LogP contribution >= 0.6 is 22.6 Å². The Bertz CT molecular complexity index is 940. The second-order valence-corrected chi connectivity index (χ2v) is 7.33.